The number of hydrogen-bond donors (Lipinski definition) is 2. The summed E-state index contributed by atoms with van der Waals surface area (Å²) in [5.41, 5.74) is 15.0. The molecule has 0 unspecified atom stereocenters. The Kier molecular flexibility index (Phi) is 6.78. The molecule has 29 heavy (non-hydrogen) atoms. The second-order valence-electron chi connectivity index (χ2n) is 7.13. The Labute approximate surface area is 172 Å². The maximum atomic E-state index is 12.0. The van der Waals surface area contributed by atoms with E-state index in [2.05, 4.69) is 18.8 Å². The number of aromatic nitrogens is 2. The maximum Gasteiger partial charge on any atom is 0.298 e. The zero-order chi connectivity index (χ0) is 20.8. The summed E-state index contributed by atoms with van der Waals surface area (Å²) < 4.78 is 7.54. The summed E-state index contributed by atoms with van der Waals surface area (Å²) in [4.78, 5) is 13.8. The van der Waals surface area contributed by atoms with E-state index in [1.54, 1.807) is 11.8 Å². The fourth-order valence-electron chi connectivity index (χ4n) is 3.62. The van der Waals surface area contributed by atoms with Crippen LogP contribution in [0, 0.1) is 11.8 Å². The number of carbonyl (C=O) groups excluding carboxylic acids is 1. The average molecular weight is 396 g/mol. The van der Waals surface area contributed by atoms with Crippen molar-refractivity contribution in [1.29, 1.82) is 0 Å². The van der Waals surface area contributed by atoms with Gasteiger partial charge in [-0.3, -0.25) is 4.79 Å². The Bertz CT molecular complexity index is 900. The molecule has 1 saturated heterocycles. The molecule has 0 radical (unpaired) electrons. The van der Waals surface area contributed by atoms with E-state index in [4.69, 9.17) is 21.3 Å². The van der Waals surface area contributed by atoms with Crippen LogP contribution < -0.4 is 16.2 Å². The van der Waals surface area contributed by atoms with Crippen LogP contribution in [0.1, 0.15) is 44.7 Å². The second kappa shape index (κ2) is 9.48. The topological polar surface area (TPSA) is 99.4 Å². The minimum absolute atomic E-state index is 0.117. The van der Waals surface area contributed by atoms with E-state index in [9.17, 15) is 4.79 Å². The lowest BCUT2D eigenvalue weighted by Crippen LogP contribution is -2.38. The van der Waals surface area contributed by atoms with Gasteiger partial charge in [0.05, 0.1) is 18.3 Å². The van der Waals surface area contributed by atoms with E-state index >= 15 is 0 Å². The molecule has 7 nitrogen and oxygen atoms in total. The lowest BCUT2D eigenvalue weighted by molar-refractivity contribution is -0.126. The van der Waals surface area contributed by atoms with Gasteiger partial charge in [0.1, 0.15) is 11.6 Å². The molecule has 1 amide bonds. The first-order chi connectivity index (χ1) is 14.1. The number of amides is 1. The van der Waals surface area contributed by atoms with Gasteiger partial charge in [0.25, 0.3) is 5.91 Å². The summed E-state index contributed by atoms with van der Waals surface area (Å²) in [5.74, 6) is 6.60. The molecule has 7 heteroatoms. The van der Waals surface area contributed by atoms with Gasteiger partial charge in [-0.1, -0.05) is 12.8 Å². The highest BCUT2D eigenvalue weighted by Gasteiger charge is 2.27. The largest absolute Gasteiger partial charge is 0.494 e. The molecule has 1 aliphatic heterocycles. The summed E-state index contributed by atoms with van der Waals surface area (Å²) in [5, 5.41) is 4.81. The van der Waals surface area contributed by atoms with Gasteiger partial charge in [-0.25, -0.2) is 4.68 Å². The Hall–Kier alpha value is -2.98. The summed E-state index contributed by atoms with van der Waals surface area (Å²) >= 11 is 0. The molecule has 1 aliphatic rings. The molecule has 2 heterocycles. The van der Waals surface area contributed by atoms with Crippen molar-refractivity contribution >= 4 is 11.7 Å². The van der Waals surface area contributed by atoms with Crippen molar-refractivity contribution in [1.82, 2.24) is 14.7 Å². The van der Waals surface area contributed by atoms with E-state index in [0.717, 1.165) is 41.8 Å². The van der Waals surface area contributed by atoms with Crippen LogP contribution in [0.2, 0.25) is 0 Å². The Morgan fingerprint density at radius 3 is 2.55 bits per heavy atom. The zero-order valence-corrected chi connectivity index (χ0v) is 17.1. The van der Waals surface area contributed by atoms with Crippen LogP contribution in [0.5, 0.6) is 5.75 Å². The van der Waals surface area contributed by atoms with Crippen LogP contribution in [0.3, 0.4) is 0 Å². The van der Waals surface area contributed by atoms with E-state index < -0.39 is 0 Å². The number of anilines is 1. The molecule has 0 bridgehead atoms. The number of rotatable bonds is 6. The van der Waals surface area contributed by atoms with Gasteiger partial charge in [-0.15, -0.1) is 0 Å². The Balaban J connectivity index is 1.79. The SMILES string of the molecule is CC#CC(=O)N1CCC(n2nc(-c3ccc(OCCC)cc3)c(CN)c2N)CC1. The average Bonchev–Trinajstić information content (AvgIpc) is 3.09. The number of likely N-dealkylation sites (tertiary alicyclic amines) is 1. The number of nitrogens with two attached hydrogens (primary N) is 2. The molecule has 0 saturated carbocycles. The lowest BCUT2D eigenvalue weighted by Gasteiger charge is -2.31. The van der Waals surface area contributed by atoms with Crippen molar-refractivity contribution in [2.75, 3.05) is 25.4 Å². The first-order valence-corrected chi connectivity index (χ1v) is 10.1. The van der Waals surface area contributed by atoms with Crippen LogP contribution in [0.25, 0.3) is 11.3 Å². The fourth-order valence-corrected chi connectivity index (χ4v) is 3.62. The lowest BCUT2D eigenvalue weighted by atomic mass is 10.0. The van der Waals surface area contributed by atoms with Crippen molar-refractivity contribution in [3.05, 3.63) is 29.8 Å². The summed E-state index contributed by atoms with van der Waals surface area (Å²) in [6.07, 6.45) is 2.54. The van der Waals surface area contributed by atoms with Crippen molar-refractivity contribution in [3.63, 3.8) is 0 Å². The third-order valence-corrected chi connectivity index (χ3v) is 5.18. The van der Waals surface area contributed by atoms with Gasteiger partial charge in [0.2, 0.25) is 0 Å². The summed E-state index contributed by atoms with van der Waals surface area (Å²) in [7, 11) is 0. The summed E-state index contributed by atoms with van der Waals surface area (Å²) in [6, 6.07) is 8.00. The number of ether oxygens (including phenoxy) is 1. The van der Waals surface area contributed by atoms with Gasteiger partial charge in [-0.05, 0) is 56.4 Å². The number of piperidine rings is 1. The van der Waals surface area contributed by atoms with Gasteiger partial charge >= 0.3 is 0 Å². The fraction of sp³-hybridized carbons (Fsp3) is 0.455. The molecule has 0 aliphatic carbocycles. The monoisotopic (exact) mass is 395 g/mol. The van der Waals surface area contributed by atoms with Crippen molar-refractivity contribution < 1.29 is 9.53 Å². The molecule has 1 fully saturated rings. The molecular weight excluding hydrogens is 366 g/mol. The number of hydrogen-bond acceptors (Lipinski definition) is 5. The van der Waals surface area contributed by atoms with Gasteiger partial charge in [0.15, 0.2) is 0 Å². The van der Waals surface area contributed by atoms with Crippen molar-refractivity contribution in [2.45, 2.75) is 45.7 Å². The van der Waals surface area contributed by atoms with Crippen LogP contribution in [-0.4, -0.2) is 40.3 Å². The highest BCUT2D eigenvalue weighted by Crippen LogP contribution is 2.33. The quantitative estimate of drug-likeness (QED) is 0.733. The van der Waals surface area contributed by atoms with E-state index in [1.165, 1.54) is 0 Å². The molecule has 0 atom stereocenters. The Morgan fingerprint density at radius 2 is 1.97 bits per heavy atom. The van der Waals surface area contributed by atoms with Crippen LogP contribution in [-0.2, 0) is 11.3 Å². The van der Waals surface area contributed by atoms with Crippen LogP contribution >= 0.6 is 0 Å². The highest BCUT2D eigenvalue weighted by molar-refractivity contribution is 5.93. The third-order valence-electron chi connectivity index (χ3n) is 5.18. The van der Waals surface area contributed by atoms with E-state index in [1.807, 2.05) is 28.9 Å². The predicted molar refractivity (Wildman–Crippen MR) is 114 cm³/mol. The van der Waals surface area contributed by atoms with E-state index in [0.29, 0.717) is 32.1 Å². The van der Waals surface area contributed by atoms with E-state index in [-0.39, 0.29) is 11.9 Å². The van der Waals surface area contributed by atoms with Crippen LogP contribution in [0.4, 0.5) is 5.82 Å². The molecule has 1 aromatic heterocycles. The zero-order valence-electron chi connectivity index (χ0n) is 17.1. The number of nitrogens with zero attached hydrogens (tertiary/aromatic N) is 3. The smallest absolute Gasteiger partial charge is 0.298 e. The third kappa shape index (κ3) is 4.54. The van der Waals surface area contributed by atoms with Crippen molar-refractivity contribution in [3.8, 4) is 28.8 Å². The normalized spacial score (nSPS) is 14.4. The Morgan fingerprint density at radius 1 is 1.28 bits per heavy atom. The number of benzene rings is 1. The predicted octanol–water partition coefficient (Wildman–Crippen LogP) is 2.57. The number of nitrogen functional groups attached to an aromatic ring is 1. The van der Waals surface area contributed by atoms with Crippen LogP contribution in [0.15, 0.2) is 24.3 Å². The van der Waals surface area contributed by atoms with Crippen molar-refractivity contribution in [2.24, 2.45) is 5.73 Å². The molecule has 4 N–H and O–H groups in total. The molecule has 3 rings (SSSR count). The molecule has 1 aromatic carbocycles. The van der Waals surface area contributed by atoms with Gasteiger partial charge < -0.3 is 21.1 Å². The molecule has 154 valence electrons. The second-order valence-corrected chi connectivity index (χ2v) is 7.13. The van der Waals surface area contributed by atoms with Gasteiger partial charge in [-0.2, -0.15) is 5.10 Å². The number of carbonyl (C=O) groups is 1. The first-order valence-electron chi connectivity index (χ1n) is 10.1. The minimum atomic E-state index is -0.117. The maximum absolute atomic E-state index is 12.0. The highest BCUT2D eigenvalue weighted by atomic mass is 16.5. The first kappa shape index (κ1) is 20.7. The molecule has 0 spiro atoms. The molecular formula is C22H29N5O2. The minimum Gasteiger partial charge on any atom is -0.494 e. The summed E-state index contributed by atoms with van der Waals surface area (Å²) in [6.45, 7) is 6.06. The standard InChI is InChI=1S/C22H29N5O2/c1-3-5-20(28)26-12-10-17(11-13-26)27-22(24)19(15-23)21(25-27)16-6-8-18(9-7-16)29-14-4-2/h6-9,17H,4,10-15,23-24H2,1-2H3. The van der Waals surface area contributed by atoms with Gasteiger partial charge in [0, 0.05) is 30.8 Å². The molecule has 2 aromatic rings.